The van der Waals surface area contributed by atoms with Crippen molar-refractivity contribution in [1.82, 2.24) is 10.6 Å². The summed E-state index contributed by atoms with van der Waals surface area (Å²) in [4.78, 5) is 35.5. The van der Waals surface area contributed by atoms with Crippen molar-refractivity contribution in [2.75, 3.05) is 26.3 Å². The summed E-state index contributed by atoms with van der Waals surface area (Å²) in [7, 11) is 0. The molecule has 1 fully saturated rings. The lowest BCUT2D eigenvalue weighted by atomic mass is 9.98. The number of nitrogens with one attached hydrogen (secondary N) is 2. The molecule has 1 heterocycles. The summed E-state index contributed by atoms with van der Waals surface area (Å²) >= 11 is 0. The van der Waals surface area contributed by atoms with Crippen molar-refractivity contribution in [1.29, 1.82) is 0 Å². The number of benzene rings is 2. The van der Waals surface area contributed by atoms with E-state index in [1.165, 1.54) is 11.1 Å². The van der Waals surface area contributed by atoms with Gasteiger partial charge in [-0.15, -0.1) is 0 Å². The van der Waals surface area contributed by atoms with Crippen LogP contribution in [0.2, 0.25) is 0 Å². The Balaban J connectivity index is 1.18. The maximum atomic E-state index is 12.4. The summed E-state index contributed by atoms with van der Waals surface area (Å²) in [5, 5.41) is 14.4. The van der Waals surface area contributed by atoms with Crippen LogP contribution >= 0.6 is 0 Å². The minimum Gasteiger partial charge on any atom is -0.481 e. The minimum absolute atomic E-state index is 0.00165. The third-order valence-corrected chi connectivity index (χ3v) is 6.73. The van der Waals surface area contributed by atoms with Gasteiger partial charge in [-0.1, -0.05) is 55.5 Å². The molecule has 3 atom stereocenters. The van der Waals surface area contributed by atoms with Gasteiger partial charge in [0.25, 0.3) is 0 Å². The second-order valence-electron chi connectivity index (χ2n) is 9.38. The number of carbonyl (C=O) groups is 3. The lowest BCUT2D eigenvalue weighted by Gasteiger charge is -2.16. The summed E-state index contributed by atoms with van der Waals surface area (Å²) in [5.41, 5.74) is 4.67. The molecule has 186 valence electrons. The third kappa shape index (κ3) is 6.19. The van der Waals surface area contributed by atoms with E-state index in [1.54, 1.807) is 0 Å². The molecule has 8 heteroatoms. The van der Waals surface area contributed by atoms with Crippen LogP contribution < -0.4 is 10.6 Å². The fraction of sp³-hybridized carbons (Fsp3) is 0.444. The Hall–Kier alpha value is -3.39. The fourth-order valence-corrected chi connectivity index (χ4v) is 4.86. The molecule has 1 aliphatic heterocycles. The monoisotopic (exact) mass is 480 g/mol. The summed E-state index contributed by atoms with van der Waals surface area (Å²) in [5.74, 6) is -1.21. The van der Waals surface area contributed by atoms with Crippen molar-refractivity contribution >= 4 is 18.0 Å². The van der Waals surface area contributed by atoms with Crippen molar-refractivity contribution in [2.45, 2.75) is 38.2 Å². The van der Waals surface area contributed by atoms with Gasteiger partial charge in [-0.3, -0.25) is 9.59 Å². The molecule has 4 rings (SSSR count). The van der Waals surface area contributed by atoms with Crippen LogP contribution in [0, 0.1) is 11.8 Å². The lowest BCUT2D eigenvalue weighted by Crippen LogP contribution is -2.34. The van der Waals surface area contributed by atoms with Gasteiger partial charge in [0.05, 0.1) is 18.6 Å². The number of rotatable bonds is 10. The number of carboxylic acid groups (broad SMARTS) is 1. The van der Waals surface area contributed by atoms with Crippen molar-refractivity contribution < 1.29 is 29.0 Å². The molecule has 0 bridgehead atoms. The van der Waals surface area contributed by atoms with Crippen molar-refractivity contribution in [3.8, 4) is 11.1 Å². The SMILES string of the molecule is CC(CCNC(=O)[C@@H]1CO[C@H](CNC(=O)OCC2c3ccccc3-c3ccccc32)C1)CC(=O)O. The van der Waals surface area contributed by atoms with E-state index in [4.69, 9.17) is 14.6 Å². The van der Waals surface area contributed by atoms with E-state index < -0.39 is 12.1 Å². The normalized spacial score (nSPS) is 19.5. The first-order valence-corrected chi connectivity index (χ1v) is 12.1. The van der Waals surface area contributed by atoms with E-state index in [9.17, 15) is 14.4 Å². The first-order valence-electron chi connectivity index (χ1n) is 12.1. The highest BCUT2D eigenvalue weighted by molar-refractivity contribution is 5.79. The quantitative estimate of drug-likeness (QED) is 0.479. The molecule has 1 aliphatic carbocycles. The second kappa shape index (κ2) is 11.4. The predicted molar refractivity (Wildman–Crippen MR) is 130 cm³/mol. The number of carboxylic acids is 1. The Morgan fingerprint density at radius 3 is 2.37 bits per heavy atom. The highest BCUT2D eigenvalue weighted by Crippen LogP contribution is 2.44. The first kappa shape index (κ1) is 24.7. The zero-order chi connectivity index (χ0) is 24.8. The highest BCUT2D eigenvalue weighted by atomic mass is 16.5. The molecule has 8 nitrogen and oxygen atoms in total. The molecule has 0 radical (unpaired) electrons. The van der Waals surface area contributed by atoms with Crippen LogP contribution in [-0.4, -0.2) is 55.5 Å². The van der Waals surface area contributed by atoms with E-state index in [1.807, 2.05) is 31.2 Å². The zero-order valence-corrected chi connectivity index (χ0v) is 19.9. The van der Waals surface area contributed by atoms with Crippen LogP contribution in [0.1, 0.15) is 43.2 Å². The Labute approximate surface area is 205 Å². The zero-order valence-electron chi connectivity index (χ0n) is 19.9. The maximum Gasteiger partial charge on any atom is 0.407 e. The average Bonchev–Trinajstić information content (AvgIpc) is 3.44. The van der Waals surface area contributed by atoms with Gasteiger partial charge in [-0.25, -0.2) is 4.79 Å². The van der Waals surface area contributed by atoms with Crippen LogP contribution in [0.4, 0.5) is 4.79 Å². The lowest BCUT2D eigenvalue weighted by molar-refractivity contribution is -0.138. The number of fused-ring (bicyclic) bond motifs is 3. The summed E-state index contributed by atoms with van der Waals surface area (Å²) in [6, 6.07) is 16.4. The Bertz CT molecular complexity index is 1030. The van der Waals surface area contributed by atoms with E-state index in [0.717, 1.165) is 11.1 Å². The highest BCUT2D eigenvalue weighted by Gasteiger charge is 2.32. The van der Waals surface area contributed by atoms with Crippen LogP contribution in [0.15, 0.2) is 48.5 Å². The Kier molecular flexibility index (Phi) is 8.02. The Morgan fingerprint density at radius 2 is 1.71 bits per heavy atom. The number of ether oxygens (including phenoxy) is 2. The summed E-state index contributed by atoms with van der Waals surface area (Å²) < 4.78 is 11.2. The number of amides is 2. The largest absolute Gasteiger partial charge is 0.481 e. The number of alkyl carbamates (subject to hydrolysis) is 1. The van der Waals surface area contributed by atoms with Gasteiger partial charge in [0.15, 0.2) is 0 Å². The number of carbonyl (C=O) groups excluding carboxylic acids is 2. The van der Waals surface area contributed by atoms with Crippen molar-refractivity contribution in [2.24, 2.45) is 11.8 Å². The second-order valence-corrected chi connectivity index (χ2v) is 9.38. The topological polar surface area (TPSA) is 114 Å². The number of aliphatic carboxylic acids is 1. The Morgan fingerprint density at radius 1 is 1.06 bits per heavy atom. The molecule has 0 aromatic heterocycles. The standard InChI is InChI=1S/C27H32N2O6/c1-17(12-25(30)31)10-11-28-26(32)18-13-19(34-15-18)14-29-27(33)35-16-24-22-8-4-2-6-20(22)21-7-3-5-9-23(21)24/h2-9,17-19,24H,10-16H2,1H3,(H,28,32)(H,29,33)(H,30,31)/t17?,18-,19-/m0/s1. The fourth-order valence-electron chi connectivity index (χ4n) is 4.86. The van der Waals surface area contributed by atoms with Gasteiger partial charge in [0.2, 0.25) is 5.91 Å². The minimum atomic E-state index is -0.834. The third-order valence-electron chi connectivity index (χ3n) is 6.73. The van der Waals surface area contributed by atoms with Crippen molar-refractivity contribution in [3.63, 3.8) is 0 Å². The van der Waals surface area contributed by atoms with E-state index in [0.29, 0.717) is 26.0 Å². The molecule has 3 N–H and O–H groups in total. The van der Waals surface area contributed by atoms with Crippen LogP contribution in [-0.2, 0) is 19.1 Å². The molecule has 2 amide bonds. The smallest absolute Gasteiger partial charge is 0.407 e. The molecule has 35 heavy (non-hydrogen) atoms. The molecule has 0 spiro atoms. The van der Waals surface area contributed by atoms with E-state index in [-0.39, 0.29) is 49.3 Å². The number of hydrogen-bond acceptors (Lipinski definition) is 5. The molecule has 0 saturated carbocycles. The molecule has 1 saturated heterocycles. The van der Waals surface area contributed by atoms with Crippen LogP contribution in [0.5, 0.6) is 0 Å². The van der Waals surface area contributed by atoms with E-state index in [2.05, 4.69) is 34.9 Å². The van der Waals surface area contributed by atoms with Gasteiger partial charge in [-0.05, 0) is 41.0 Å². The molecule has 2 aromatic carbocycles. The number of hydrogen-bond donors (Lipinski definition) is 3. The maximum absolute atomic E-state index is 12.4. The average molecular weight is 481 g/mol. The van der Waals surface area contributed by atoms with Gasteiger partial charge in [0.1, 0.15) is 6.61 Å². The van der Waals surface area contributed by atoms with Crippen molar-refractivity contribution in [3.05, 3.63) is 59.7 Å². The van der Waals surface area contributed by atoms with Crippen LogP contribution in [0.25, 0.3) is 11.1 Å². The molecule has 2 aliphatic rings. The molecular formula is C27H32N2O6. The first-order chi connectivity index (χ1) is 16.9. The summed E-state index contributed by atoms with van der Waals surface area (Å²) in [6.45, 7) is 3.11. The van der Waals surface area contributed by atoms with E-state index >= 15 is 0 Å². The summed E-state index contributed by atoms with van der Waals surface area (Å²) in [6.07, 6.45) is 0.456. The molecule has 2 aromatic rings. The molecular weight excluding hydrogens is 448 g/mol. The van der Waals surface area contributed by atoms with Gasteiger partial charge >= 0.3 is 12.1 Å². The van der Waals surface area contributed by atoms with Gasteiger partial charge < -0.3 is 25.2 Å². The van der Waals surface area contributed by atoms with Gasteiger partial charge in [-0.2, -0.15) is 0 Å². The van der Waals surface area contributed by atoms with Gasteiger partial charge in [0, 0.05) is 25.4 Å². The van der Waals surface area contributed by atoms with Crippen LogP contribution in [0.3, 0.4) is 0 Å². The molecule has 1 unspecified atom stereocenters. The predicted octanol–water partition coefficient (Wildman–Crippen LogP) is 3.55.